The molecule has 0 saturated carbocycles. The molecular weight excluding hydrogens is 384 g/mol. The summed E-state index contributed by atoms with van der Waals surface area (Å²) in [6.45, 7) is 3.22. The molecular formula is C22H26N4O4. The zero-order valence-corrected chi connectivity index (χ0v) is 17.2. The fourth-order valence-corrected chi connectivity index (χ4v) is 2.76. The quantitative estimate of drug-likeness (QED) is 0.496. The first-order valence-corrected chi connectivity index (χ1v) is 9.77. The summed E-state index contributed by atoms with van der Waals surface area (Å²) < 4.78 is 11.0. The third-order valence-electron chi connectivity index (χ3n) is 4.54. The summed E-state index contributed by atoms with van der Waals surface area (Å²) in [5.74, 6) is 0.915. The summed E-state index contributed by atoms with van der Waals surface area (Å²) in [5, 5.41) is 13.8. The molecule has 2 N–H and O–H groups in total. The lowest BCUT2D eigenvalue weighted by Crippen LogP contribution is -2.27. The molecule has 2 heterocycles. The van der Waals surface area contributed by atoms with E-state index in [4.69, 9.17) is 9.15 Å². The van der Waals surface area contributed by atoms with Crippen LogP contribution in [-0.2, 0) is 17.6 Å². The normalized spacial score (nSPS) is 10.9. The summed E-state index contributed by atoms with van der Waals surface area (Å²) in [4.78, 5) is 20.0. The van der Waals surface area contributed by atoms with Crippen molar-refractivity contribution in [1.29, 1.82) is 0 Å². The molecule has 3 rings (SSSR count). The van der Waals surface area contributed by atoms with Crippen molar-refractivity contribution in [1.82, 2.24) is 20.3 Å². The number of nitrogens with one attached hydrogen (secondary N) is 1. The lowest BCUT2D eigenvalue weighted by molar-refractivity contribution is -0.120. The Morgan fingerprint density at radius 2 is 2.00 bits per heavy atom. The zero-order chi connectivity index (χ0) is 21.3. The molecule has 0 bridgehead atoms. The number of oxazole rings is 1. The zero-order valence-electron chi connectivity index (χ0n) is 17.2. The first-order chi connectivity index (χ1) is 14.5. The second-order valence-corrected chi connectivity index (χ2v) is 6.86. The van der Waals surface area contributed by atoms with Gasteiger partial charge in [-0.15, -0.1) is 0 Å². The molecule has 0 aliphatic carbocycles. The lowest BCUT2D eigenvalue weighted by Gasteiger charge is -2.15. The SMILES string of the molecule is CNC(=O)Cc1nc(-c2ccc(OCCN(O)CCc3ccc(C)nc3)cc2)co1. The number of carbonyl (C=O) groups excluding carboxylic acids is 1. The smallest absolute Gasteiger partial charge is 0.229 e. The van der Waals surface area contributed by atoms with Crippen LogP contribution in [0, 0.1) is 6.92 Å². The molecule has 3 aromatic rings. The maximum atomic E-state index is 11.4. The van der Waals surface area contributed by atoms with Crippen molar-refractivity contribution in [3.63, 3.8) is 0 Å². The van der Waals surface area contributed by atoms with Crippen molar-refractivity contribution in [2.24, 2.45) is 0 Å². The van der Waals surface area contributed by atoms with Gasteiger partial charge in [-0.2, -0.15) is 5.06 Å². The highest BCUT2D eigenvalue weighted by Crippen LogP contribution is 2.22. The predicted molar refractivity (Wildman–Crippen MR) is 111 cm³/mol. The first-order valence-electron chi connectivity index (χ1n) is 9.77. The Kier molecular flexibility index (Phi) is 7.53. The molecule has 2 aromatic heterocycles. The minimum Gasteiger partial charge on any atom is -0.492 e. The lowest BCUT2D eigenvalue weighted by atomic mass is 10.2. The Balaban J connectivity index is 1.42. The number of aromatic nitrogens is 2. The highest BCUT2D eigenvalue weighted by atomic mass is 16.5. The van der Waals surface area contributed by atoms with Gasteiger partial charge in [0.25, 0.3) is 0 Å². The van der Waals surface area contributed by atoms with Crippen LogP contribution in [0.15, 0.2) is 53.3 Å². The Bertz CT molecular complexity index is 939. The van der Waals surface area contributed by atoms with Crippen LogP contribution in [0.25, 0.3) is 11.3 Å². The molecule has 0 radical (unpaired) electrons. The van der Waals surface area contributed by atoms with E-state index in [1.165, 1.54) is 11.3 Å². The molecule has 0 saturated heterocycles. The van der Waals surface area contributed by atoms with E-state index in [9.17, 15) is 10.0 Å². The topological polar surface area (TPSA) is 101 Å². The highest BCUT2D eigenvalue weighted by Gasteiger charge is 2.10. The number of pyridine rings is 1. The van der Waals surface area contributed by atoms with Crippen LogP contribution in [-0.4, -0.2) is 52.9 Å². The second kappa shape index (κ2) is 10.5. The van der Waals surface area contributed by atoms with Gasteiger partial charge in [-0.1, -0.05) is 6.07 Å². The molecule has 0 atom stereocenters. The average molecular weight is 410 g/mol. The van der Waals surface area contributed by atoms with Crippen molar-refractivity contribution >= 4 is 5.91 Å². The number of benzene rings is 1. The van der Waals surface area contributed by atoms with Crippen LogP contribution < -0.4 is 10.1 Å². The third kappa shape index (κ3) is 6.40. The van der Waals surface area contributed by atoms with E-state index in [0.717, 1.165) is 23.2 Å². The van der Waals surface area contributed by atoms with Gasteiger partial charge >= 0.3 is 0 Å². The maximum Gasteiger partial charge on any atom is 0.229 e. The molecule has 0 fully saturated rings. The number of aryl methyl sites for hydroxylation is 1. The molecule has 8 heteroatoms. The summed E-state index contributed by atoms with van der Waals surface area (Å²) in [5.41, 5.74) is 3.59. The van der Waals surface area contributed by atoms with E-state index < -0.39 is 0 Å². The molecule has 0 spiro atoms. The molecule has 30 heavy (non-hydrogen) atoms. The monoisotopic (exact) mass is 410 g/mol. The van der Waals surface area contributed by atoms with E-state index in [-0.39, 0.29) is 12.3 Å². The molecule has 8 nitrogen and oxygen atoms in total. The van der Waals surface area contributed by atoms with Gasteiger partial charge in [0.2, 0.25) is 11.8 Å². The van der Waals surface area contributed by atoms with Gasteiger partial charge in [0.15, 0.2) is 0 Å². The number of hydrogen-bond acceptors (Lipinski definition) is 7. The molecule has 0 unspecified atom stereocenters. The van der Waals surface area contributed by atoms with Crippen LogP contribution in [0.2, 0.25) is 0 Å². The molecule has 158 valence electrons. The highest BCUT2D eigenvalue weighted by molar-refractivity contribution is 5.77. The fraction of sp³-hybridized carbons (Fsp3) is 0.318. The number of ether oxygens (including phenoxy) is 1. The van der Waals surface area contributed by atoms with Crippen LogP contribution in [0.3, 0.4) is 0 Å². The minimum atomic E-state index is -0.152. The van der Waals surface area contributed by atoms with Gasteiger partial charge in [0.05, 0.1) is 6.54 Å². The van der Waals surface area contributed by atoms with Crippen molar-refractivity contribution in [3.8, 4) is 17.0 Å². The van der Waals surface area contributed by atoms with Gasteiger partial charge in [-0.3, -0.25) is 9.78 Å². The Labute approximate surface area is 175 Å². The fourth-order valence-electron chi connectivity index (χ4n) is 2.76. The summed E-state index contributed by atoms with van der Waals surface area (Å²) >= 11 is 0. The van der Waals surface area contributed by atoms with Crippen molar-refractivity contribution in [3.05, 3.63) is 66.0 Å². The van der Waals surface area contributed by atoms with Crippen LogP contribution in [0.4, 0.5) is 0 Å². The van der Waals surface area contributed by atoms with E-state index >= 15 is 0 Å². The number of rotatable bonds is 10. The van der Waals surface area contributed by atoms with Gasteiger partial charge in [0, 0.05) is 31.0 Å². The standard InChI is InChI=1S/C22H26N4O4/c1-16-3-4-17(14-24-16)9-10-26(28)11-12-29-19-7-5-18(6-8-19)20-15-30-22(25-20)13-21(27)23-2/h3-8,14-15,28H,9-13H2,1-2H3,(H,23,27). The predicted octanol–water partition coefficient (Wildman–Crippen LogP) is 2.65. The van der Waals surface area contributed by atoms with Gasteiger partial charge in [-0.05, 0) is 49.2 Å². The summed E-state index contributed by atoms with van der Waals surface area (Å²) in [7, 11) is 1.57. The van der Waals surface area contributed by atoms with Crippen molar-refractivity contribution in [2.75, 3.05) is 26.7 Å². The first kappa shape index (κ1) is 21.5. The number of hydrogen-bond donors (Lipinski definition) is 2. The molecule has 0 aliphatic rings. The van der Waals surface area contributed by atoms with Gasteiger partial charge in [-0.25, -0.2) is 4.98 Å². The Hall–Kier alpha value is -3.23. The minimum absolute atomic E-state index is 0.107. The molecule has 0 aliphatic heterocycles. The van der Waals surface area contributed by atoms with E-state index in [0.29, 0.717) is 37.0 Å². The molecule has 1 amide bonds. The van der Waals surface area contributed by atoms with Crippen LogP contribution >= 0.6 is 0 Å². The van der Waals surface area contributed by atoms with E-state index in [1.54, 1.807) is 7.05 Å². The van der Waals surface area contributed by atoms with Crippen LogP contribution in [0.1, 0.15) is 17.1 Å². The van der Waals surface area contributed by atoms with Crippen molar-refractivity contribution < 1.29 is 19.2 Å². The second-order valence-electron chi connectivity index (χ2n) is 6.86. The van der Waals surface area contributed by atoms with E-state index in [1.807, 2.05) is 49.5 Å². The number of nitrogens with zero attached hydrogens (tertiary/aromatic N) is 3. The Morgan fingerprint density at radius 3 is 2.70 bits per heavy atom. The molecule has 1 aromatic carbocycles. The van der Waals surface area contributed by atoms with Gasteiger partial charge < -0.3 is 19.7 Å². The van der Waals surface area contributed by atoms with Crippen molar-refractivity contribution in [2.45, 2.75) is 19.8 Å². The Morgan fingerprint density at radius 1 is 1.20 bits per heavy atom. The average Bonchev–Trinajstić information content (AvgIpc) is 3.22. The van der Waals surface area contributed by atoms with Gasteiger partial charge in [0.1, 0.15) is 30.7 Å². The third-order valence-corrected chi connectivity index (χ3v) is 4.54. The number of likely N-dealkylation sites (N-methyl/N-ethyl adjacent to an activating group) is 1. The number of amides is 1. The van der Waals surface area contributed by atoms with Crippen LogP contribution in [0.5, 0.6) is 5.75 Å². The largest absolute Gasteiger partial charge is 0.492 e. The maximum absolute atomic E-state index is 11.4. The summed E-state index contributed by atoms with van der Waals surface area (Å²) in [6.07, 6.45) is 4.19. The number of hydroxylamine groups is 2. The summed E-state index contributed by atoms with van der Waals surface area (Å²) in [6, 6.07) is 11.4. The number of carbonyl (C=O) groups is 1. The van der Waals surface area contributed by atoms with E-state index in [2.05, 4.69) is 15.3 Å².